The fourth-order valence-corrected chi connectivity index (χ4v) is 8.90. The lowest BCUT2D eigenvalue weighted by Crippen LogP contribution is -2.54. The van der Waals surface area contributed by atoms with E-state index in [-0.39, 0.29) is 46.7 Å². The summed E-state index contributed by atoms with van der Waals surface area (Å²) in [5.74, 6) is -1.16. The van der Waals surface area contributed by atoms with Gasteiger partial charge in [-0.2, -0.15) is 0 Å². The molecule has 8 nitrogen and oxygen atoms in total. The number of nitrogens with one attached hydrogen (secondary N) is 1. The smallest absolute Gasteiger partial charge is 0.329 e. The Morgan fingerprint density at radius 2 is 2.02 bits per heavy atom. The third-order valence-corrected chi connectivity index (χ3v) is 12.4. The number of thioether (sulfide) groups is 1. The van der Waals surface area contributed by atoms with Gasteiger partial charge in [-0.15, -0.1) is 23.1 Å². The van der Waals surface area contributed by atoms with Gasteiger partial charge in [-0.3, -0.25) is 9.59 Å². The number of amides is 2. The van der Waals surface area contributed by atoms with E-state index < -0.39 is 23.9 Å². The van der Waals surface area contributed by atoms with Crippen LogP contribution in [0.3, 0.4) is 0 Å². The van der Waals surface area contributed by atoms with Gasteiger partial charge in [0.25, 0.3) is 0 Å². The van der Waals surface area contributed by atoms with Crippen LogP contribution in [-0.2, 0) is 19.1 Å². The van der Waals surface area contributed by atoms with Crippen molar-refractivity contribution in [2.24, 2.45) is 22.7 Å². The van der Waals surface area contributed by atoms with Crippen molar-refractivity contribution >= 4 is 40.9 Å². The number of thiophene rings is 1. The molecule has 6 atom stereocenters. The first kappa shape index (κ1) is 29.0. The van der Waals surface area contributed by atoms with Crippen molar-refractivity contribution in [3.05, 3.63) is 40.7 Å². The van der Waals surface area contributed by atoms with Crippen LogP contribution in [0.5, 0.6) is 0 Å². The number of carbonyl (C=O) groups excluding carboxylic acids is 3. The quantitative estimate of drug-likeness (QED) is 0.276. The molecule has 1 aromatic heterocycles. The molecule has 2 saturated carbocycles. The van der Waals surface area contributed by atoms with E-state index in [0.717, 1.165) is 23.5 Å². The zero-order valence-corrected chi connectivity index (χ0v) is 25.3. The standard InChI is InChI=1S/C30H40N2O6S2/c1-17-13-18(14-22(33)25(17)34)26(35)31-20(16-40-24-8-6-12-39-24)27(36)32-11-5-7-21(32)28(37)38-23-15-19-9-10-30(23,4)29(19,2)3/h6,8,12,14,17,19-21,23,33-34H,5,7,9-11,13,15-16H2,1-4H3,(H,31,35). The van der Waals surface area contributed by atoms with Crippen molar-refractivity contribution < 1.29 is 29.3 Å². The van der Waals surface area contributed by atoms with Gasteiger partial charge >= 0.3 is 5.97 Å². The fourth-order valence-electron chi connectivity index (χ4n) is 7.07. The van der Waals surface area contributed by atoms with E-state index in [1.807, 2.05) is 17.5 Å². The lowest BCUT2D eigenvalue weighted by molar-refractivity contribution is -0.165. The van der Waals surface area contributed by atoms with E-state index in [1.54, 1.807) is 23.2 Å². The summed E-state index contributed by atoms with van der Waals surface area (Å²) in [5.41, 5.74) is 0.350. The summed E-state index contributed by atoms with van der Waals surface area (Å²) in [7, 11) is 0. The van der Waals surface area contributed by atoms with Gasteiger partial charge in [0.2, 0.25) is 11.8 Å². The second kappa shape index (κ2) is 11.1. The van der Waals surface area contributed by atoms with E-state index in [0.29, 0.717) is 36.6 Å². The van der Waals surface area contributed by atoms with Crippen LogP contribution in [0.4, 0.5) is 0 Å². The predicted octanol–water partition coefficient (Wildman–Crippen LogP) is 5.37. The van der Waals surface area contributed by atoms with E-state index in [2.05, 4.69) is 26.1 Å². The number of aliphatic hydroxyl groups excluding tert-OH is 2. The highest BCUT2D eigenvalue weighted by Crippen LogP contribution is 2.66. The first-order valence-corrected chi connectivity index (χ1v) is 16.1. The molecule has 10 heteroatoms. The first-order chi connectivity index (χ1) is 18.9. The number of fused-ring (bicyclic) bond motifs is 2. The van der Waals surface area contributed by atoms with Gasteiger partial charge in [0.15, 0.2) is 5.76 Å². The molecule has 40 heavy (non-hydrogen) atoms. The SMILES string of the molecule is CC1CC(C(=O)NC(CSc2cccs2)C(=O)N2CCCC2C(=O)OC2CC3CCC2(C)C3(C)C)=CC(O)=C1O. The Bertz CT molecular complexity index is 1220. The summed E-state index contributed by atoms with van der Waals surface area (Å²) in [6.07, 6.45) is 5.67. The van der Waals surface area contributed by atoms with Gasteiger partial charge < -0.3 is 25.2 Å². The van der Waals surface area contributed by atoms with Crippen molar-refractivity contribution in [3.8, 4) is 0 Å². The lowest BCUT2D eigenvalue weighted by Gasteiger charge is -2.39. The summed E-state index contributed by atoms with van der Waals surface area (Å²) in [6.45, 7) is 8.95. The number of carbonyl (C=O) groups is 3. The van der Waals surface area contributed by atoms with E-state index >= 15 is 0 Å². The molecule has 0 spiro atoms. The topological polar surface area (TPSA) is 116 Å². The molecule has 0 radical (unpaired) electrons. The molecule has 3 N–H and O–H groups in total. The second-order valence-electron chi connectivity index (χ2n) is 12.5. The molecule has 1 saturated heterocycles. The van der Waals surface area contributed by atoms with Gasteiger partial charge in [0.05, 0.1) is 4.21 Å². The maximum Gasteiger partial charge on any atom is 0.329 e. The van der Waals surface area contributed by atoms with Crippen LogP contribution in [-0.4, -0.2) is 63.4 Å². The molecule has 2 heterocycles. The molecule has 0 aromatic carbocycles. The van der Waals surface area contributed by atoms with E-state index in [4.69, 9.17) is 4.74 Å². The average Bonchev–Trinajstić information content (AvgIpc) is 3.68. The monoisotopic (exact) mass is 588 g/mol. The van der Waals surface area contributed by atoms with Gasteiger partial charge in [0, 0.05) is 29.2 Å². The second-order valence-corrected chi connectivity index (χ2v) is 14.8. The maximum atomic E-state index is 13.9. The summed E-state index contributed by atoms with van der Waals surface area (Å²) >= 11 is 3.04. The maximum absolute atomic E-state index is 13.9. The van der Waals surface area contributed by atoms with Crippen LogP contribution >= 0.6 is 23.1 Å². The number of allylic oxidation sites excluding steroid dienone is 2. The van der Waals surface area contributed by atoms with Crippen molar-refractivity contribution in [2.75, 3.05) is 12.3 Å². The summed E-state index contributed by atoms with van der Waals surface area (Å²) < 4.78 is 7.19. The predicted molar refractivity (Wildman–Crippen MR) is 155 cm³/mol. The molecule has 1 aliphatic heterocycles. The van der Waals surface area contributed by atoms with Crippen molar-refractivity contribution in [3.63, 3.8) is 0 Å². The van der Waals surface area contributed by atoms with Crippen LogP contribution in [0.1, 0.15) is 66.2 Å². The summed E-state index contributed by atoms with van der Waals surface area (Å²) in [6, 6.07) is 2.36. The first-order valence-electron chi connectivity index (χ1n) is 14.2. The van der Waals surface area contributed by atoms with Gasteiger partial charge in [-0.05, 0) is 67.4 Å². The van der Waals surface area contributed by atoms with Crippen LogP contribution in [0.25, 0.3) is 0 Å². The fraction of sp³-hybridized carbons (Fsp3) is 0.633. The minimum atomic E-state index is -0.871. The van der Waals surface area contributed by atoms with Crippen molar-refractivity contribution in [1.82, 2.24) is 10.2 Å². The van der Waals surface area contributed by atoms with Crippen LogP contribution in [0, 0.1) is 22.7 Å². The molecular weight excluding hydrogens is 548 g/mol. The third kappa shape index (κ3) is 5.17. The molecular formula is C30H40N2O6S2. The molecule has 3 fully saturated rings. The van der Waals surface area contributed by atoms with Gasteiger partial charge in [-0.1, -0.05) is 33.8 Å². The molecule has 5 rings (SSSR count). The summed E-state index contributed by atoms with van der Waals surface area (Å²) in [4.78, 5) is 42.3. The Morgan fingerprint density at radius 1 is 1.25 bits per heavy atom. The van der Waals surface area contributed by atoms with Crippen LogP contribution < -0.4 is 5.32 Å². The van der Waals surface area contributed by atoms with Crippen LogP contribution in [0.2, 0.25) is 0 Å². The Labute approximate surface area is 244 Å². The molecule has 218 valence electrons. The average molecular weight is 589 g/mol. The number of esters is 1. The Morgan fingerprint density at radius 3 is 2.65 bits per heavy atom. The van der Waals surface area contributed by atoms with E-state index in [1.165, 1.54) is 17.8 Å². The minimum absolute atomic E-state index is 0.0616. The number of likely N-dealkylation sites (tertiary alicyclic amines) is 1. The number of hydrogen-bond donors (Lipinski definition) is 3. The summed E-state index contributed by atoms with van der Waals surface area (Å²) in [5, 5.41) is 24.8. The molecule has 4 aliphatic rings. The lowest BCUT2D eigenvalue weighted by atomic mass is 9.70. The molecule has 3 aliphatic carbocycles. The zero-order valence-electron chi connectivity index (χ0n) is 23.6. The van der Waals surface area contributed by atoms with Crippen LogP contribution in [0.15, 0.2) is 44.9 Å². The number of hydrogen-bond acceptors (Lipinski definition) is 8. The highest BCUT2D eigenvalue weighted by atomic mass is 32.2. The zero-order chi connectivity index (χ0) is 28.8. The Balaban J connectivity index is 1.30. The van der Waals surface area contributed by atoms with Crippen molar-refractivity contribution in [2.45, 2.75) is 88.6 Å². The van der Waals surface area contributed by atoms with E-state index in [9.17, 15) is 24.6 Å². The number of ether oxygens (including phenoxy) is 1. The Kier molecular flexibility index (Phi) is 8.05. The Hall–Kier alpha value is -2.46. The molecule has 6 unspecified atom stereocenters. The molecule has 1 aromatic rings. The van der Waals surface area contributed by atoms with Crippen molar-refractivity contribution in [1.29, 1.82) is 0 Å². The molecule has 2 bridgehead atoms. The van der Waals surface area contributed by atoms with Gasteiger partial charge in [0.1, 0.15) is 23.9 Å². The number of rotatable bonds is 8. The normalized spacial score (nSPS) is 31.7. The van der Waals surface area contributed by atoms with Gasteiger partial charge in [-0.25, -0.2) is 4.79 Å². The molecule has 2 amide bonds. The number of nitrogens with zero attached hydrogens (tertiary/aromatic N) is 1. The highest BCUT2D eigenvalue weighted by molar-refractivity contribution is 8.01. The largest absolute Gasteiger partial charge is 0.508 e. The third-order valence-electron chi connectivity index (χ3n) is 10.1. The number of aliphatic hydroxyl groups is 2. The minimum Gasteiger partial charge on any atom is -0.508 e. The highest BCUT2D eigenvalue weighted by Gasteiger charge is 2.63.